The van der Waals surface area contributed by atoms with Gasteiger partial charge in [-0.05, 0) is 38.3 Å². The van der Waals surface area contributed by atoms with Crippen LogP contribution in [0.2, 0.25) is 5.02 Å². The van der Waals surface area contributed by atoms with Crippen molar-refractivity contribution < 1.29 is 14.4 Å². The average Bonchev–Trinajstić information content (AvgIpc) is 3.28. The Balaban J connectivity index is 1.81. The van der Waals surface area contributed by atoms with Gasteiger partial charge in [0.25, 0.3) is 0 Å². The first kappa shape index (κ1) is 23.2. The van der Waals surface area contributed by atoms with Crippen LogP contribution in [0, 0.1) is 12.3 Å². The number of likely N-dealkylation sites (tertiary alicyclic amines) is 1. The maximum atomic E-state index is 13.3. The Bertz CT molecular complexity index is 1370. The predicted octanol–water partition coefficient (Wildman–Crippen LogP) is 6.00. The van der Waals surface area contributed by atoms with Gasteiger partial charge in [-0.15, -0.1) is 11.3 Å². The second-order valence-corrected chi connectivity index (χ2v) is 12.0. The lowest BCUT2D eigenvalue weighted by atomic mass is 9.64. The second-order valence-electron chi connectivity index (χ2n) is 10.6. The maximum Gasteiger partial charge on any atom is 0.230 e. The third kappa shape index (κ3) is 3.42. The highest BCUT2D eigenvalue weighted by Crippen LogP contribution is 2.52. The summed E-state index contributed by atoms with van der Waals surface area (Å²) in [4.78, 5) is 45.9. The lowest BCUT2D eigenvalue weighted by Crippen LogP contribution is -2.45. The van der Waals surface area contributed by atoms with E-state index in [0.29, 0.717) is 17.1 Å². The third-order valence-electron chi connectivity index (χ3n) is 7.12. The fourth-order valence-corrected chi connectivity index (χ4v) is 7.03. The molecular weight excluding hydrogens is 468 g/mol. The summed E-state index contributed by atoms with van der Waals surface area (Å²) in [6.45, 7) is 10.1. The molecule has 1 saturated heterocycles. The Hall–Kier alpha value is -2.57. The van der Waals surface area contributed by atoms with Gasteiger partial charge >= 0.3 is 0 Å². The van der Waals surface area contributed by atoms with E-state index in [-0.39, 0.29) is 37.0 Å². The molecule has 1 aliphatic carbocycles. The summed E-state index contributed by atoms with van der Waals surface area (Å²) in [5, 5.41) is 1.43. The number of nitrogens with zero attached hydrogens (tertiary/aromatic N) is 2. The number of rotatable bonds is 3. The molecule has 176 valence electrons. The number of ketones is 1. The zero-order valence-corrected chi connectivity index (χ0v) is 21.6. The highest BCUT2D eigenvalue weighted by Gasteiger charge is 2.48. The molecule has 0 unspecified atom stereocenters. The number of halogens is 1. The van der Waals surface area contributed by atoms with E-state index in [1.165, 1.54) is 16.2 Å². The molecule has 0 N–H and O–H groups in total. The number of fused-ring (bicyclic) bond motifs is 3. The quantitative estimate of drug-likeness (QED) is 0.418. The van der Waals surface area contributed by atoms with Crippen molar-refractivity contribution in [3.63, 3.8) is 0 Å². The number of aromatic nitrogens is 1. The van der Waals surface area contributed by atoms with Gasteiger partial charge in [0.05, 0.1) is 22.7 Å². The van der Waals surface area contributed by atoms with E-state index in [4.69, 9.17) is 16.6 Å². The Morgan fingerprint density at radius 2 is 1.65 bits per heavy atom. The normalized spacial score (nSPS) is 19.2. The molecule has 2 aliphatic rings. The summed E-state index contributed by atoms with van der Waals surface area (Å²) in [5.74, 6) is -0.173. The SMILES string of the molecule is Cc1ccc(-c2c(Cl)c(CN3C(=O)CCC3=O)nc3sc4c(c23)CC(C)(C)C(=O)C4(C)C)cc1. The van der Waals surface area contributed by atoms with Crippen LogP contribution in [0.15, 0.2) is 24.3 Å². The number of thiophene rings is 1. The van der Waals surface area contributed by atoms with Gasteiger partial charge in [0, 0.05) is 34.1 Å². The molecule has 3 heterocycles. The third-order valence-corrected chi connectivity index (χ3v) is 8.98. The van der Waals surface area contributed by atoms with E-state index in [2.05, 4.69) is 0 Å². The molecule has 1 aromatic carbocycles. The molecule has 1 fully saturated rings. The van der Waals surface area contributed by atoms with E-state index in [0.717, 1.165) is 37.3 Å². The Kier molecular flexibility index (Phi) is 5.26. The molecule has 1 aliphatic heterocycles. The van der Waals surface area contributed by atoms with Crippen LogP contribution in [-0.4, -0.2) is 27.5 Å². The minimum absolute atomic E-state index is 0.0572. The monoisotopic (exact) mass is 494 g/mol. The molecule has 2 amide bonds. The average molecular weight is 495 g/mol. The zero-order chi connectivity index (χ0) is 24.6. The van der Waals surface area contributed by atoms with Crippen molar-refractivity contribution in [2.24, 2.45) is 5.41 Å². The predicted molar refractivity (Wildman–Crippen MR) is 135 cm³/mol. The summed E-state index contributed by atoms with van der Waals surface area (Å²) < 4.78 is 0. The second kappa shape index (κ2) is 7.72. The molecule has 34 heavy (non-hydrogen) atoms. The molecule has 2 aromatic heterocycles. The van der Waals surface area contributed by atoms with Gasteiger partial charge in [0.1, 0.15) is 10.6 Å². The first-order chi connectivity index (χ1) is 15.9. The molecule has 0 bridgehead atoms. The van der Waals surface area contributed by atoms with Gasteiger partial charge in [0.2, 0.25) is 11.8 Å². The van der Waals surface area contributed by atoms with Crippen molar-refractivity contribution in [3.8, 4) is 11.1 Å². The molecule has 3 aromatic rings. The fourth-order valence-electron chi connectivity index (χ4n) is 5.40. The van der Waals surface area contributed by atoms with Crippen molar-refractivity contribution in [2.45, 2.75) is 65.8 Å². The number of carbonyl (C=O) groups excluding carboxylic acids is 3. The smallest absolute Gasteiger partial charge is 0.230 e. The van der Waals surface area contributed by atoms with Crippen LogP contribution in [0.5, 0.6) is 0 Å². The summed E-state index contributed by atoms with van der Waals surface area (Å²) >= 11 is 8.56. The van der Waals surface area contributed by atoms with Gasteiger partial charge < -0.3 is 0 Å². The summed E-state index contributed by atoms with van der Waals surface area (Å²) in [7, 11) is 0. The van der Waals surface area contributed by atoms with Crippen molar-refractivity contribution in [2.75, 3.05) is 0 Å². The highest BCUT2D eigenvalue weighted by atomic mass is 35.5. The lowest BCUT2D eigenvalue weighted by molar-refractivity contribution is -0.139. The number of pyridine rings is 1. The first-order valence-corrected chi connectivity index (χ1v) is 12.7. The van der Waals surface area contributed by atoms with Crippen molar-refractivity contribution in [3.05, 3.63) is 51.0 Å². The summed E-state index contributed by atoms with van der Waals surface area (Å²) in [6.07, 6.45) is 1.06. The van der Waals surface area contributed by atoms with Crippen LogP contribution in [0.25, 0.3) is 21.3 Å². The van der Waals surface area contributed by atoms with Gasteiger partial charge in [-0.25, -0.2) is 4.98 Å². The van der Waals surface area contributed by atoms with Crippen LogP contribution < -0.4 is 0 Å². The molecule has 0 spiro atoms. The van der Waals surface area contributed by atoms with E-state index in [9.17, 15) is 14.4 Å². The molecule has 0 saturated carbocycles. The highest BCUT2D eigenvalue weighted by molar-refractivity contribution is 7.19. The van der Waals surface area contributed by atoms with E-state index >= 15 is 0 Å². The topological polar surface area (TPSA) is 67.3 Å². The number of hydrogen-bond acceptors (Lipinski definition) is 5. The number of Topliss-reactive ketones (excluding diaryl/α,β-unsaturated/α-hetero) is 1. The Morgan fingerprint density at radius 3 is 2.26 bits per heavy atom. The van der Waals surface area contributed by atoms with Gasteiger partial charge in [0.15, 0.2) is 0 Å². The van der Waals surface area contributed by atoms with Gasteiger partial charge in [-0.3, -0.25) is 19.3 Å². The van der Waals surface area contributed by atoms with Crippen LogP contribution >= 0.6 is 22.9 Å². The first-order valence-electron chi connectivity index (χ1n) is 11.5. The fraction of sp³-hybridized carbons (Fsp3) is 0.407. The largest absolute Gasteiger partial charge is 0.298 e. The number of amides is 2. The molecule has 5 nitrogen and oxygen atoms in total. The zero-order valence-electron chi connectivity index (χ0n) is 20.0. The number of benzene rings is 1. The standard InChI is InChI=1S/C27H27ClN2O3S/c1-14-6-8-15(9-7-14)20-21-16-12-26(2,3)25(33)27(4,5)23(16)34-24(21)29-17(22(20)28)13-30-18(31)10-11-19(30)32/h6-9H,10-13H2,1-5H3. The van der Waals surface area contributed by atoms with Crippen LogP contribution in [-0.2, 0) is 32.8 Å². The minimum atomic E-state index is -0.638. The molecule has 5 rings (SSSR count). The summed E-state index contributed by atoms with van der Waals surface area (Å²) in [6, 6.07) is 8.17. The van der Waals surface area contributed by atoms with Crippen molar-refractivity contribution in [1.82, 2.24) is 9.88 Å². The number of imide groups is 1. The van der Waals surface area contributed by atoms with E-state index in [1.54, 1.807) is 0 Å². The van der Waals surface area contributed by atoms with Crippen LogP contribution in [0.1, 0.15) is 62.2 Å². The van der Waals surface area contributed by atoms with Crippen molar-refractivity contribution >= 4 is 50.8 Å². The number of aryl methyl sites for hydroxylation is 1. The maximum absolute atomic E-state index is 13.3. The van der Waals surface area contributed by atoms with Crippen LogP contribution in [0.3, 0.4) is 0 Å². The molecule has 0 radical (unpaired) electrons. The van der Waals surface area contributed by atoms with Crippen molar-refractivity contribution in [1.29, 1.82) is 0 Å². The van der Waals surface area contributed by atoms with Crippen LogP contribution in [0.4, 0.5) is 0 Å². The lowest BCUT2D eigenvalue weighted by Gasteiger charge is -2.38. The molecule has 7 heteroatoms. The number of carbonyl (C=O) groups is 3. The molecular formula is C27H27ClN2O3S. The van der Waals surface area contributed by atoms with E-state index in [1.807, 2.05) is 58.9 Å². The summed E-state index contributed by atoms with van der Waals surface area (Å²) in [5.41, 5.74) is 3.44. The van der Waals surface area contributed by atoms with E-state index < -0.39 is 10.8 Å². The van der Waals surface area contributed by atoms with Gasteiger partial charge in [-0.1, -0.05) is 55.3 Å². The number of hydrogen-bond donors (Lipinski definition) is 0. The molecule has 0 atom stereocenters. The Morgan fingerprint density at radius 1 is 1.03 bits per heavy atom. The van der Waals surface area contributed by atoms with Gasteiger partial charge in [-0.2, -0.15) is 0 Å². The Labute approximate surface area is 208 Å². The minimum Gasteiger partial charge on any atom is -0.298 e.